The third-order valence-electron chi connectivity index (χ3n) is 5.84. The second-order valence-corrected chi connectivity index (χ2v) is 11.6. The van der Waals surface area contributed by atoms with Gasteiger partial charge in [0.2, 0.25) is 5.88 Å². The van der Waals surface area contributed by atoms with Crippen LogP contribution in [-0.4, -0.2) is 33.5 Å². The fourth-order valence-corrected chi connectivity index (χ4v) is 4.68. The third kappa shape index (κ3) is 14.1. The van der Waals surface area contributed by atoms with Crippen LogP contribution in [0, 0.1) is 0 Å². The van der Waals surface area contributed by atoms with Crippen molar-refractivity contribution < 1.29 is 9.53 Å². The van der Waals surface area contributed by atoms with Crippen LogP contribution in [0.3, 0.4) is 0 Å². The molecule has 3 rings (SSSR count). The van der Waals surface area contributed by atoms with Crippen molar-refractivity contribution in [3.05, 3.63) is 64.7 Å². The van der Waals surface area contributed by atoms with Crippen molar-refractivity contribution in [2.45, 2.75) is 105 Å². The minimum atomic E-state index is 0.482. The first-order chi connectivity index (χ1) is 19.4. The standard InChI is InChI=1S/C14H16N2O2S.C14H22N2S.C4H10/c1-5-11(16-13(6-2)18-7-3)12-8-15-14(19-12)10(4)9-17;1-3-4-5-11(2)14-10-12(8-9-15-14)16-17-13-6-7-13;1-3-4-2/h5-6,8H,1,7H2,2-4H3;8-11,13H,3-7H2,1-2H3,(H,15,16);3-4H2,1-2H3/b13-6+,16-11+;;. The molecule has 1 fully saturated rings. The Morgan fingerprint density at radius 1 is 1.27 bits per heavy atom. The van der Waals surface area contributed by atoms with Crippen molar-refractivity contribution in [2.75, 3.05) is 11.3 Å². The van der Waals surface area contributed by atoms with Crippen LogP contribution < -0.4 is 4.72 Å². The molecule has 0 bridgehead atoms. The van der Waals surface area contributed by atoms with Crippen molar-refractivity contribution in [1.29, 1.82) is 0 Å². The number of hydrogen-bond acceptors (Lipinski definition) is 8. The van der Waals surface area contributed by atoms with E-state index < -0.39 is 0 Å². The molecule has 0 saturated heterocycles. The lowest BCUT2D eigenvalue weighted by Crippen LogP contribution is -1.98. The number of rotatable bonds is 14. The van der Waals surface area contributed by atoms with Crippen molar-refractivity contribution in [2.24, 2.45) is 4.99 Å². The number of nitrogens with one attached hydrogen (secondary N) is 1. The normalized spacial score (nSPS) is 13.6. The zero-order valence-corrected chi connectivity index (χ0v) is 27.1. The van der Waals surface area contributed by atoms with Crippen LogP contribution in [0.5, 0.6) is 0 Å². The monoisotopic (exact) mass is 584 g/mol. The summed E-state index contributed by atoms with van der Waals surface area (Å²) in [5, 5.41) is 1.47. The molecule has 6 nitrogen and oxygen atoms in total. The Kier molecular flexibility index (Phi) is 18.7. The van der Waals surface area contributed by atoms with Gasteiger partial charge in [-0.25, -0.2) is 14.8 Å². The molecule has 2 heterocycles. The van der Waals surface area contributed by atoms with Crippen LogP contribution in [0.25, 0.3) is 5.57 Å². The van der Waals surface area contributed by atoms with Gasteiger partial charge in [0.05, 0.1) is 22.8 Å². The molecular formula is C32H48N4O2S2. The molecule has 1 aliphatic rings. The van der Waals surface area contributed by atoms with Gasteiger partial charge in [-0.3, -0.25) is 4.98 Å². The van der Waals surface area contributed by atoms with Gasteiger partial charge in [0.25, 0.3) is 0 Å². The predicted octanol–water partition coefficient (Wildman–Crippen LogP) is 9.66. The Labute approximate surface area is 250 Å². The van der Waals surface area contributed by atoms with E-state index in [1.165, 1.54) is 67.7 Å². The van der Waals surface area contributed by atoms with Crippen LogP contribution in [0.15, 0.2) is 54.1 Å². The Hall–Kier alpha value is -2.67. The summed E-state index contributed by atoms with van der Waals surface area (Å²) in [6, 6.07) is 4.27. The average Bonchev–Trinajstić information content (AvgIpc) is 3.70. The summed E-state index contributed by atoms with van der Waals surface area (Å²) in [4.78, 5) is 24.4. The molecular weight excluding hydrogens is 537 g/mol. The van der Waals surface area contributed by atoms with Crippen LogP contribution in [0.1, 0.15) is 115 Å². The van der Waals surface area contributed by atoms with E-state index in [-0.39, 0.29) is 0 Å². The summed E-state index contributed by atoms with van der Waals surface area (Å²) in [6.45, 7) is 18.6. The van der Waals surface area contributed by atoms with E-state index in [4.69, 9.17) is 4.74 Å². The van der Waals surface area contributed by atoms with Gasteiger partial charge in [-0.05, 0) is 82.2 Å². The van der Waals surface area contributed by atoms with Crippen LogP contribution in [-0.2, 0) is 9.53 Å². The number of anilines is 1. The van der Waals surface area contributed by atoms with Gasteiger partial charge in [0, 0.05) is 29.0 Å². The van der Waals surface area contributed by atoms with Gasteiger partial charge >= 0.3 is 0 Å². The second kappa shape index (κ2) is 21.1. The smallest absolute Gasteiger partial charge is 0.209 e. The molecule has 2 aromatic heterocycles. The van der Waals surface area contributed by atoms with Gasteiger partial charge in [-0.2, -0.15) is 0 Å². The molecule has 8 heteroatoms. The molecule has 1 atom stereocenters. The molecule has 0 spiro atoms. The molecule has 220 valence electrons. The number of ether oxygens (including phenoxy) is 1. The summed E-state index contributed by atoms with van der Waals surface area (Å²) >= 11 is 3.23. The lowest BCUT2D eigenvalue weighted by atomic mass is 10.00. The van der Waals surface area contributed by atoms with Crippen molar-refractivity contribution in [1.82, 2.24) is 9.97 Å². The maximum Gasteiger partial charge on any atom is 0.209 e. The van der Waals surface area contributed by atoms with E-state index in [0.29, 0.717) is 34.7 Å². The highest BCUT2D eigenvalue weighted by atomic mass is 32.2. The highest BCUT2D eigenvalue weighted by Gasteiger charge is 2.22. The summed E-state index contributed by atoms with van der Waals surface area (Å²) in [5.41, 5.74) is 3.58. The minimum Gasteiger partial charge on any atom is -0.478 e. The number of nitrogens with zero attached hydrogens (tertiary/aromatic N) is 3. The van der Waals surface area contributed by atoms with Gasteiger partial charge in [0.1, 0.15) is 10.9 Å². The summed E-state index contributed by atoms with van der Waals surface area (Å²) < 4.78 is 8.80. The van der Waals surface area contributed by atoms with Gasteiger partial charge in [-0.15, -0.1) is 11.3 Å². The zero-order valence-electron chi connectivity index (χ0n) is 25.5. The molecule has 0 radical (unpaired) electrons. The number of allylic oxidation sites excluding steroid dienone is 3. The van der Waals surface area contributed by atoms with Gasteiger partial charge in [0.15, 0.2) is 0 Å². The van der Waals surface area contributed by atoms with E-state index in [2.05, 4.69) is 66.1 Å². The van der Waals surface area contributed by atoms with Crippen molar-refractivity contribution in [3.8, 4) is 0 Å². The topological polar surface area (TPSA) is 76.5 Å². The number of aromatic nitrogens is 2. The second-order valence-electron chi connectivity index (χ2n) is 9.45. The highest BCUT2D eigenvalue weighted by Crippen LogP contribution is 2.34. The van der Waals surface area contributed by atoms with E-state index >= 15 is 0 Å². The molecule has 0 amide bonds. The SMILES string of the molecule is C=C/C(=N\C(=C/C)OCC)c1cnc(C(C)=C=O)s1.CCCC.CCCCC(C)c1cc(NSC2CC2)ccn1. The quantitative estimate of drug-likeness (QED) is 0.103. The first kappa shape index (κ1) is 35.4. The molecule has 0 aromatic carbocycles. The van der Waals surface area contributed by atoms with Gasteiger partial charge in [-0.1, -0.05) is 60.0 Å². The van der Waals surface area contributed by atoms with Crippen LogP contribution >= 0.6 is 23.3 Å². The largest absolute Gasteiger partial charge is 0.478 e. The number of unbranched alkanes of at least 4 members (excludes halogenated alkanes) is 2. The number of aliphatic imine (C=N–C) groups is 1. The van der Waals surface area contributed by atoms with E-state index in [0.717, 1.165) is 10.1 Å². The first-order valence-corrected chi connectivity index (χ1v) is 16.1. The summed E-state index contributed by atoms with van der Waals surface area (Å²) in [5.74, 6) is 2.95. The number of thiazole rings is 1. The molecule has 1 N–H and O–H groups in total. The fourth-order valence-electron chi connectivity index (χ4n) is 3.03. The Balaban J connectivity index is 0.000000354. The zero-order chi connectivity index (χ0) is 29.8. The average molecular weight is 585 g/mol. The van der Waals surface area contributed by atoms with E-state index in [1.807, 2.05) is 37.9 Å². The predicted molar refractivity (Wildman–Crippen MR) is 176 cm³/mol. The van der Waals surface area contributed by atoms with Crippen LogP contribution in [0.4, 0.5) is 5.69 Å². The van der Waals surface area contributed by atoms with Gasteiger partial charge < -0.3 is 9.46 Å². The maximum atomic E-state index is 10.6. The minimum absolute atomic E-state index is 0.482. The summed E-state index contributed by atoms with van der Waals surface area (Å²) in [7, 11) is 0. The van der Waals surface area contributed by atoms with E-state index in [9.17, 15) is 4.79 Å². The molecule has 40 heavy (non-hydrogen) atoms. The molecule has 2 aromatic rings. The Bertz CT molecular complexity index is 1110. The first-order valence-electron chi connectivity index (χ1n) is 14.4. The van der Waals surface area contributed by atoms with Crippen molar-refractivity contribution in [3.63, 3.8) is 0 Å². The van der Waals surface area contributed by atoms with E-state index in [1.54, 1.807) is 25.3 Å². The highest BCUT2D eigenvalue weighted by molar-refractivity contribution is 8.01. The molecule has 1 saturated carbocycles. The number of hydrogen-bond donors (Lipinski definition) is 1. The fraction of sp³-hybridized carbons (Fsp3) is 0.531. The number of carbonyl (C=O) groups excluding carboxylic acids is 1. The lowest BCUT2D eigenvalue weighted by Gasteiger charge is -2.12. The molecule has 1 unspecified atom stereocenters. The third-order valence-corrected chi connectivity index (χ3v) is 8.14. The van der Waals surface area contributed by atoms with Crippen molar-refractivity contribution >= 4 is 46.2 Å². The Morgan fingerprint density at radius 2 is 2.00 bits per heavy atom. The lowest BCUT2D eigenvalue weighted by molar-refractivity contribution is 0.227. The molecule has 1 aliphatic carbocycles. The number of pyridine rings is 1. The maximum absolute atomic E-state index is 10.6. The Morgan fingerprint density at radius 3 is 2.55 bits per heavy atom. The summed E-state index contributed by atoms with van der Waals surface area (Å²) in [6.07, 6.45) is 16.2. The van der Waals surface area contributed by atoms with Crippen LogP contribution in [0.2, 0.25) is 0 Å². The molecule has 0 aliphatic heterocycles.